The molecule has 16 heavy (non-hydrogen) atoms. The summed E-state index contributed by atoms with van der Waals surface area (Å²) in [5, 5.41) is 11.9. The first-order chi connectivity index (χ1) is 7.72. The lowest BCUT2D eigenvalue weighted by atomic mass is 10.1. The third kappa shape index (κ3) is 3.12. The zero-order chi connectivity index (χ0) is 12.0. The van der Waals surface area contributed by atoms with Crippen molar-refractivity contribution in [3.8, 4) is 11.5 Å². The number of aliphatic hydroxyl groups is 1. The van der Waals surface area contributed by atoms with Gasteiger partial charge in [0.15, 0.2) is 11.5 Å². The molecule has 0 saturated heterocycles. The summed E-state index contributed by atoms with van der Waals surface area (Å²) in [5.74, 6) is 1.44. The molecule has 0 saturated carbocycles. The van der Waals surface area contributed by atoms with Gasteiger partial charge >= 0.3 is 0 Å². The number of benzene rings is 1. The largest absolute Gasteiger partial charge is 0.493 e. The Morgan fingerprint density at radius 3 is 2.50 bits per heavy atom. The van der Waals surface area contributed by atoms with Crippen LogP contribution in [0.25, 0.3) is 0 Å². The van der Waals surface area contributed by atoms with Crippen molar-refractivity contribution in [3.05, 3.63) is 23.8 Å². The maximum absolute atomic E-state index is 8.74. The summed E-state index contributed by atoms with van der Waals surface area (Å²) in [7, 11) is 3.23. The predicted octanol–water partition coefficient (Wildman–Crippen LogP) is 1.35. The van der Waals surface area contributed by atoms with Crippen LogP contribution in [0.3, 0.4) is 0 Å². The van der Waals surface area contributed by atoms with Gasteiger partial charge in [-0.1, -0.05) is 6.07 Å². The average molecular weight is 225 g/mol. The van der Waals surface area contributed by atoms with E-state index in [9.17, 15) is 0 Å². The van der Waals surface area contributed by atoms with Crippen LogP contribution in [0, 0.1) is 0 Å². The van der Waals surface area contributed by atoms with Gasteiger partial charge in [0.1, 0.15) is 0 Å². The SMILES string of the molecule is COc1ccc([C@@H](C)NCCO)cc1OC. The molecular formula is C12H19NO3. The van der Waals surface area contributed by atoms with Crippen LogP contribution in [0.4, 0.5) is 0 Å². The fourth-order valence-electron chi connectivity index (χ4n) is 1.52. The summed E-state index contributed by atoms with van der Waals surface area (Å²) in [4.78, 5) is 0. The molecule has 90 valence electrons. The summed E-state index contributed by atoms with van der Waals surface area (Å²) in [6.45, 7) is 2.75. The zero-order valence-electron chi connectivity index (χ0n) is 9.99. The van der Waals surface area contributed by atoms with E-state index in [-0.39, 0.29) is 12.6 Å². The van der Waals surface area contributed by atoms with Crippen molar-refractivity contribution in [2.75, 3.05) is 27.4 Å². The maximum atomic E-state index is 8.74. The van der Waals surface area contributed by atoms with E-state index in [1.165, 1.54) is 0 Å². The molecule has 0 radical (unpaired) electrons. The van der Waals surface area contributed by atoms with E-state index in [1.54, 1.807) is 14.2 Å². The van der Waals surface area contributed by atoms with Crippen LogP contribution < -0.4 is 14.8 Å². The molecule has 0 unspecified atom stereocenters. The van der Waals surface area contributed by atoms with E-state index in [0.29, 0.717) is 6.54 Å². The standard InChI is InChI=1S/C12H19NO3/c1-9(13-6-7-14)10-4-5-11(15-2)12(8-10)16-3/h4-5,8-9,13-14H,6-7H2,1-3H3/t9-/m1/s1. The molecule has 0 aliphatic heterocycles. The second kappa shape index (κ2) is 6.35. The summed E-state index contributed by atoms with van der Waals surface area (Å²) < 4.78 is 10.4. The minimum Gasteiger partial charge on any atom is -0.493 e. The molecule has 2 N–H and O–H groups in total. The third-order valence-electron chi connectivity index (χ3n) is 2.47. The number of aliphatic hydroxyl groups excluding tert-OH is 1. The summed E-state index contributed by atoms with van der Waals surface area (Å²) in [6, 6.07) is 5.97. The Kier molecular flexibility index (Phi) is 5.08. The molecule has 1 atom stereocenters. The topological polar surface area (TPSA) is 50.7 Å². The van der Waals surface area contributed by atoms with E-state index in [2.05, 4.69) is 5.32 Å². The molecule has 0 heterocycles. The summed E-state index contributed by atoms with van der Waals surface area (Å²) in [5.41, 5.74) is 1.10. The Balaban J connectivity index is 2.81. The van der Waals surface area contributed by atoms with Gasteiger partial charge in [-0.25, -0.2) is 0 Å². The second-order valence-corrected chi connectivity index (χ2v) is 3.51. The highest BCUT2D eigenvalue weighted by molar-refractivity contribution is 5.43. The number of rotatable bonds is 6. The summed E-state index contributed by atoms with van der Waals surface area (Å²) in [6.07, 6.45) is 0. The first-order valence-electron chi connectivity index (χ1n) is 5.29. The predicted molar refractivity (Wildman–Crippen MR) is 63.0 cm³/mol. The lowest BCUT2D eigenvalue weighted by molar-refractivity contribution is 0.286. The Morgan fingerprint density at radius 2 is 1.94 bits per heavy atom. The normalized spacial score (nSPS) is 12.2. The molecule has 1 aromatic carbocycles. The number of nitrogens with one attached hydrogen (secondary N) is 1. The molecule has 0 aromatic heterocycles. The van der Waals surface area contributed by atoms with Crippen LogP contribution in [-0.2, 0) is 0 Å². The monoisotopic (exact) mass is 225 g/mol. The molecular weight excluding hydrogens is 206 g/mol. The molecule has 0 aliphatic carbocycles. The van der Waals surface area contributed by atoms with E-state index in [4.69, 9.17) is 14.6 Å². The van der Waals surface area contributed by atoms with Gasteiger partial charge in [-0.2, -0.15) is 0 Å². The van der Waals surface area contributed by atoms with E-state index < -0.39 is 0 Å². The first kappa shape index (κ1) is 12.8. The molecule has 0 fully saturated rings. The van der Waals surface area contributed by atoms with Gasteiger partial charge in [-0.15, -0.1) is 0 Å². The average Bonchev–Trinajstić information content (AvgIpc) is 2.34. The van der Waals surface area contributed by atoms with Gasteiger partial charge in [-0.05, 0) is 24.6 Å². The number of hydrogen-bond donors (Lipinski definition) is 2. The van der Waals surface area contributed by atoms with Crippen molar-refractivity contribution >= 4 is 0 Å². The van der Waals surface area contributed by atoms with Gasteiger partial charge in [0.05, 0.1) is 20.8 Å². The third-order valence-corrected chi connectivity index (χ3v) is 2.47. The van der Waals surface area contributed by atoms with Crippen LogP contribution >= 0.6 is 0 Å². The lowest BCUT2D eigenvalue weighted by Crippen LogP contribution is -2.22. The van der Waals surface area contributed by atoms with Crippen LogP contribution in [0.15, 0.2) is 18.2 Å². The molecule has 0 spiro atoms. The Hall–Kier alpha value is -1.26. The van der Waals surface area contributed by atoms with Crippen molar-refractivity contribution in [1.29, 1.82) is 0 Å². The van der Waals surface area contributed by atoms with Crippen molar-refractivity contribution in [2.24, 2.45) is 0 Å². The fourth-order valence-corrected chi connectivity index (χ4v) is 1.52. The van der Waals surface area contributed by atoms with Crippen LogP contribution in [0.5, 0.6) is 11.5 Å². The van der Waals surface area contributed by atoms with Gasteiger partial charge < -0.3 is 19.9 Å². The molecule has 0 bridgehead atoms. The minimum absolute atomic E-state index is 0.137. The molecule has 0 aliphatic rings. The molecule has 0 amide bonds. The second-order valence-electron chi connectivity index (χ2n) is 3.51. The van der Waals surface area contributed by atoms with E-state index >= 15 is 0 Å². The molecule has 1 rings (SSSR count). The fraction of sp³-hybridized carbons (Fsp3) is 0.500. The zero-order valence-corrected chi connectivity index (χ0v) is 9.99. The quantitative estimate of drug-likeness (QED) is 0.767. The highest BCUT2D eigenvalue weighted by atomic mass is 16.5. The first-order valence-corrected chi connectivity index (χ1v) is 5.29. The Labute approximate surface area is 96.2 Å². The van der Waals surface area contributed by atoms with Gasteiger partial charge in [0.25, 0.3) is 0 Å². The van der Waals surface area contributed by atoms with Crippen molar-refractivity contribution in [2.45, 2.75) is 13.0 Å². The highest BCUT2D eigenvalue weighted by Crippen LogP contribution is 2.29. The van der Waals surface area contributed by atoms with Gasteiger partial charge in [-0.3, -0.25) is 0 Å². The van der Waals surface area contributed by atoms with Crippen molar-refractivity contribution in [1.82, 2.24) is 5.32 Å². The number of methoxy groups -OCH3 is 2. The molecule has 4 heteroatoms. The van der Waals surface area contributed by atoms with Crippen LogP contribution in [0.1, 0.15) is 18.5 Å². The maximum Gasteiger partial charge on any atom is 0.161 e. The highest BCUT2D eigenvalue weighted by Gasteiger charge is 2.09. The Bertz CT molecular complexity index is 328. The van der Waals surface area contributed by atoms with Gasteiger partial charge in [0, 0.05) is 12.6 Å². The van der Waals surface area contributed by atoms with Crippen molar-refractivity contribution < 1.29 is 14.6 Å². The Morgan fingerprint density at radius 1 is 1.25 bits per heavy atom. The number of hydrogen-bond acceptors (Lipinski definition) is 4. The van der Waals surface area contributed by atoms with E-state index in [1.807, 2.05) is 25.1 Å². The van der Waals surface area contributed by atoms with E-state index in [0.717, 1.165) is 17.1 Å². The van der Waals surface area contributed by atoms with Gasteiger partial charge in [0.2, 0.25) is 0 Å². The smallest absolute Gasteiger partial charge is 0.161 e. The lowest BCUT2D eigenvalue weighted by Gasteiger charge is -2.15. The molecule has 1 aromatic rings. The molecule has 4 nitrogen and oxygen atoms in total. The number of ether oxygens (including phenoxy) is 2. The van der Waals surface area contributed by atoms with Crippen molar-refractivity contribution in [3.63, 3.8) is 0 Å². The summed E-state index contributed by atoms with van der Waals surface area (Å²) >= 11 is 0. The van der Waals surface area contributed by atoms with Crippen LogP contribution in [0.2, 0.25) is 0 Å². The van der Waals surface area contributed by atoms with Crippen LogP contribution in [-0.4, -0.2) is 32.5 Å². The minimum atomic E-state index is 0.137.